The molecule has 2 fully saturated rings. The van der Waals surface area contributed by atoms with E-state index in [9.17, 15) is 5.11 Å². The van der Waals surface area contributed by atoms with Crippen LogP contribution in [0.15, 0.2) is 0 Å². The van der Waals surface area contributed by atoms with Gasteiger partial charge in [0.25, 0.3) is 0 Å². The molecule has 2 rings (SSSR count). The molecule has 0 heterocycles. The van der Waals surface area contributed by atoms with E-state index in [2.05, 4.69) is 17.8 Å². The summed E-state index contributed by atoms with van der Waals surface area (Å²) in [6.07, 6.45) is 9.67. The molecule has 0 aromatic rings. The van der Waals surface area contributed by atoms with Gasteiger partial charge in [-0.2, -0.15) is 0 Å². The number of hydrogen-bond donors (Lipinski definition) is 1. The third-order valence-electron chi connectivity index (χ3n) is 2.43. The first-order valence-corrected chi connectivity index (χ1v) is 4.47. The number of aliphatic hydroxyl groups is 1. The Morgan fingerprint density at radius 3 is 2.33 bits per heavy atom. The van der Waals surface area contributed by atoms with E-state index >= 15 is 0 Å². The first-order chi connectivity index (χ1) is 5.74. The lowest BCUT2D eigenvalue weighted by Gasteiger charge is -2.12. The van der Waals surface area contributed by atoms with Gasteiger partial charge in [0.1, 0.15) is 0 Å². The zero-order valence-electron chi connectivity index (χ0n) is 7.01. The zero-order valence-corrected chi connectivity index (χ0v) is 7.01. The van der Waals surface area contributed by atoms with E-state index in [-0.39, 0.29) is 5.92 Å². The maximum atomic E-state index is 9.83. The lowest BCUT2D eigenvalue weighted by molar-refractivity contribution is 0.139. The Kier molecular flexibility index (Phi) is 1.63. The first kappa shape index (κ1) is 7.71. The minimum absolute atomic E-state index is 0.244. The average molecular weight is 160 g/mol. The van der Waals surface area contributed by atoms with Gasteiger partial charge < -0.3 is 5.11 Å². The van der Waals surface area contributed by atoms with E-state index in [1.54, 1.807) is 0 Å². The highest BCUT2D eigenvalue weighted by Gasteiger charge is 2.41. The Morgan fingerprint density at radius 1 is 1.25 bits per heavy atom. The van der Waals surface area contributed by atoms with Crippen LogP contribution in [0.2, 0.25) is 0 Å². The van der Waals surface area contributed by atoms with Crippen LogP contribution in [-0.4, -0.2) is 10.7 Å². The summed E-state index contributed by atoms with van der Waals surface area (Å²) >= 11 is 0. The van der Waals surface area contributed by atoms with Crippen LogP contribution in [0.4, 0.5) is 0 Å². The molecule has 1 unspecified atom stereocenters. The molecular weight excluding hydrogens is 148 g/mol. The molecule has 12 heavy (non-hydrogen) atoms. The highest BCUT2D eigenvalue weighted by Crippen LogP contribution is 2.39. The van der Waals surface area contributed by atoms with Gasteiger partial charge in [-0.3, -0.25) is 0 Å². The van der Waals surface area contributed by atoms with Gasteiger partial charge in [0.15, 0.2) is 5.60 Å². The van der Waals surface area contributed by atoms with Gasteiger partial charge in [-0.25, -0.2) is 0 Å². The summed E-state index contributed by atoms with van der Waals surface area (Å²) in [6.45, 7) is 0. The molecule has 1 nitrogen and oxygen atoms in total. The number of hydrogen-bond acceptors (Lipinski definition) is 1. The van der Waals surface area contributed by atoms with Crippen LogP contribution in [-0.2, 0) is 0 Å². The van der Waals surface area contributed by atoms with Crippen LogP contribution in [0.1, 0.15) is 25.7 Å². The molecule has 2 aliphatic rings. The standard InChI is InChI=1S/C11H12O/c1-2-11(12,10-5-6-10)8-7-9-3-4-9/h1,9-10,12H,3-6H2. The topological polar surface area (TPSA) is 20.2 Å². The Bertz CT molecular complexity index is 280. The van der Waals surface area contributed by atoms with Crippen molar-refractivity contribution in [2.24, 2.45) is 11.8 Å². The van der Waals surface area contributed by atoms with Crippen molar-refractivity contribution in [1.82, 2.24) is 0 Å². The molecule has 0 bridgehead atoms. The second kappa shape index (κ2) is 2.54. The quantitative estimate of drug-likeness (QED) is 0.571. The van der Waals surface area contributed by atoms with Gasteiger partial charge >= 0.3 is 0 Å². The Hall–Kier alpha value is -0.920. The van der Waals surface area contributed by atoms with E-state index in [4.69, 9.17) is 6.42 Å². The molecule has 0 spiro atoms. The third kappa shape index (κ3) is 1.47. The van der Waals surface area contributed by atoms with Crippen molar-refractivity contribution in [2.75, 3.05) is 0 Å². The molecule has 0 aromatic carbocycles. The van der Waals surface area contributed by atoms with Crippen molar-refractivity contribution in [3.05, 3.63) is 0 Å². The predicted molar refractivity (Wildman–Crippen MR) is 47.0 cm³/mol. The molecule has 2 saturated carbocycles. The monoisotopic (exact) mass is 160 g/mol. The fraction of sp³-hybridized carbons (Fsp3) is 0.636. The van der Waals surface area contributed by atoms with Gasteiger partial charge in [0.05, 0.1) is 0 Å². The molecular formula is C11H12O. The molecule has 62 valence electrons. The van der Waals surface area contributed by atoms with Crippen LogP contribution in [0.3, 0.4) is 0 Å². The Balaban J connectivity index is 2.07. The molecule has 2 aliphatic carbocycles. The summed E-state index contributed by atoms with van der Waals surface area (Å²) < 4.78 is 0. The molecule has 0 aromatic heterocycles. The summed E-state index contributed by atoms with van der Waals surface area (Å²) in [5.41, 5.74) is -1.11. The van der Waals surface area contributed by atoms with Crippen molar-refractivity contribution in [2.45, 2.75) is 31.3 Å². The molecule has 1 atom stereocenters. The van der Waals surface area contributed by atoms with Gasteiger partial charge in [-0.15, -0.1) is 6.42 Å². The SMILES string of the molecule is C#CC(O)(C#CC1CC1)C1CC1. The fourth-order valence-electron chi connectivity index (χ4n) is 1.20. The maximum Gasteiger partial charge on any atom is 0.190 e. The van der Waals surface area contributed by atoms with Gasteiger partial charge in [0, 0.05) is 11.8 Å². The lowest BCUT2D eigenvalue weighted by Crippen LogP contribution is -2.26. The second-order valence-electron chi connectivity index (χ2n) is 3.73. The minimum Gasteiger partial charge on any atom is -0.367 e. The van der Waals surface area contributed by atoms with Gasteiger partial charge in [0.2, 0.25) is 0 Å². The Morgan fingerprint density at radius 2 is 1.92 bits per heavy atom. The summed E-state index contributed by atoms with van der Waals surface area (Å²) in [5, 5.41) is 9.83. The smallest absolute Gasteiger partial charge is 0.190 e. The summed E-state index contributed by atoms with van der Waals surface area (Å²) in [6, 6.07) is 0. The van der Waals surface area contributed by atoms with Crippen LogP contribution in [0.5, 0.6) is 0 Å². The van der Waals surface area contributed by atoms with Crippen molar-refractivity contribution in [3.8, 4) is 24.2 Å². The summed E-state index contributed by atoms with van der Waals surface area (Å²) in [5.74, 6) is 9.03. The van der Waals surface area contributed by atoms with E-state index in [1.807, 2.05) is 0 Å². The predicted octanol–water partition coefficient (Wildman–Crippen LogP) is 1.17. The first-order valence-electron chi connectivity index (χ1n) is 4.47. The normalized spacial score (nSPS) is 26.3. The molecule has 1 N–H and O–H groups in total. The van der Waals surface area contributed by atoms with Crippen molar-refractivity contribution in [1.29, 1.82) is 0 Å². The highest BCUT2D eigenvalue weighted by atomic mass is 16.3. The fourth-order valence-corrected chi connectivity index (χ4v) is 1.20. The van der Waals surface area contributed by atoms with Gasteiger partial charge in [-0.05, 0) is 25.7 Å². The van der Waals surface area contributed by atoms with E-state index in [0.717, 1.165) is 12.8 Å². The maximum absolute atomic E-state index is 9.83. The van der Waals surface area contributed by atoms with E-state index in [0.29, 0.717) is 5.92 Å². The van der Waals surface area contributed by atoms with Crippen molar-refractivity contribution in [3.63, 3.8) is 0 Å². The van der Waals surface area contributed by atoms with Crippen LogP contribution in [0, 0.1) is 36.0 Å². The van der Waals surface area contributed by atoms with Crippen LogP contribution in [0.25, 0.3) is 0 Å². The molecule has 1 heteroatoms. The van der Waals surface area contributed by atoms with E-state index < -0.39 is 5.60 Å². The van der Waals surface area contributed by atoms with Crippen LogP contribution >= 0.6 is 0 Å². The van der Waals surface area contributed by atoms with Crippen LogP contribution < -0.4 is 0 Å². The summed E-state index contributed by atoms with van der Waals surface area (Å²) in [7, 11) is 0. The summed E-state index contributed by atoms with van der Waals surface area (Å²) in [4.78, 5) is 0. The Labute approximate surface area is 73.2 Å². The molecule has 0 aliphatic heterocycles. The second-order valence-corrected chi connectivity index (χ2v) is 3.73. The van der Waals surface area contributed by atoms with Crippen molar-refractivity contribution >= 4 is 0 Å². The molecule has 0 radical (unpaired) electrons. The van der Waals surface area contributed by atoms with E-state index in [1.165, 1.54) is 12.8 Å². The molecule has 0 saturated heterocycles. The highest BCUT2D eigenvalue weighted by molar-refractivity contribution is 5.32. The lowest BCUT2D eigenvalue weighted by atomic mass is 10.00. The third-order valence-corrected chi connectivity index (χ3v) is 2.43. The number of rotatable bonds is 1. The largest absolute Gasteiger partial charge is 0.367 e. The minimum atomic E-state index is -1.11. The zero-order chi connectivity index (χ0) is 8.60. The van der Waals surface area contributed by atoms with Crippen molar-refractivity contribution < 1.29 is 5.11 Å². The average Bonchev–Trinajstić information content (AvgIpc) is 2.88. The number of terminal acetylenes is 1. The van der Waals surface area contributed by atoms with Gasteiger partial charge in [-0.1, -0.05) is 17.8 Å². The molecule has 0 amide bonds.